The van der Waals surface area contributed by atoms with Crippen LogP contribution in [0.15, 0.2) is 4.99 Å². The van der Waals surface area contributed by atoms with Crippen LogP contribution in [0.25, 0.3) is 0 Å². The number of nitrogens with zero attached hydrogens (tertiary/aromatic N) is 1. The quantitative estimate of drug-likeness (QED) is 0.391. The van der Waals surface area contributed by atoms with Crippen LogP contribution in [0.5, 0.6) is 0 Å². The van der Waals surface area contributed by atoms with E-state index in [4.69, 9.17) is 5.73 Å². The van der Waals surface area contributed by atoms with Gasteiger partial charge >= 0.3 is 0 Å². The largest absolute Gasteiger partial charge is 0.387 e. The second kappa shape index (κ2) is 5.46. The highest BCUT2D eigenvalue weighted by Gasteiger charge is 2.24. The summed E-state index contributed by atoms with van der Waals surface area (Å²) in [4.78, 5) is 4.34. The Balaban J connectivity index is 1.96. The molecule has 70 valence electrons. The number of thioether (sulfide) groups is 1. The van der Waals surface area contributed by atoms with Crippen molar-refractivity contribution in [2.45, 2.75) is 25.7 Å². The number of amidine groups is 1. The summed E-state index contributed by atoms with van der Waals surface area (Å²) in [5, 5.41) is 0. The van der Waals surface area contributed by atoms with Crippen LogP contribution < -0.4 is 5.73 Å². The number of hydrogen-bond donors (Lipinski definition) is 1. The minimum Gasteiger partial charge on any atom is -0.387 e. The molecule has 0 aromatic carbocycles. The lowest BCUT2D eigenvalue weighted by molar-refractivity contribution is 0.810. The average molecular weight is 186 g/mol. The summed E-state index contributed by atoms with van der Waals surface area (Å²) in [5.74, 6) is 2.79. The highest BCUT2D eigenvalue weighted by Crippen LogP contribution is 2.28. The van der Waals surface area contributed by atoms with E-state index in [2.05, 4.69) is 11.2 Å². The van der Waals surface area contributed by atoms with Gasteiger partial charge < -0.3 is 5.73 Å². The summed E-state index contributed by atoms with van der Waals surface area (Å²) in [5.41, 5.74) is 5.74. The Bertz CT molecular complexity index is 153. The zero-order chi connectivity index (χ0) is 8.81. The second-order valence-corrected chi connectivity index (χ2v) is 4.27. The molecule has 0 bridgehead atoms. The van der Waals surface area contributed by atoms with Crippen LogP contribution in [0.4, 0.5) is 0 Å². The minimum absolute atomic E-state index is 0.644. The third kappa shape index (κ3) is 4.00. The minimum atomic E-state index is 0.644. The molecular weight excluding hydrogens is 168 g/mol. The van der Waals surface area contributed by atoms with E-state index >= 15 is 0 Å². The predicted molar refractivity (Wildman–Crippen MR) is 56.8 cm³/mol. The van der Waals surface area contributed by atoms with E-state index in [0.717, 1.165) is 12.4 Å². The highest BCUT2D eigenvalue weighted by atomic mass is 32.2. The molecule has 1 fully saturated rings. The van der Waals surface area contributed by atoms with Gasteiger partial charge in [-0.25, -0.2) is 0 Å². The number of nitrogens with two attached hydrogens (primary N) is 1. The molecule has 0 unspecified atom stereocenters. The van der Waals surface area contributed by atoms with Gasteiger partial charge in [-0.15, -0.1) is 0 Å². The van der Waals surface area contributed by atoms with Crippen LogP contribution in [0.2, 0.25) is 0 Å². The molecule has 1 rings (SSSR count). The molecule has 0 atom stereocenters. The van der Waals surface area contributed by atoms with Crippen molar-refractivity contribution in [3.05, 3.63) is 0 Å². The number of aliphatic imine (C=N–C) groups is 1. The summed E-state index contributed by atoms with van der Waals surface area (Å²) in [7, 11) is 0. The Kier molecular flexibility index (Phi) is 4.51. The maximum absolute atomic E-state index is 5.74. The molecule has 1 saturated carbocycles. The van der Waals surface area contributed by atoms with Crippen molar-refractivity contribution in [2.75, 3.05) is 18.6 Å². The first-order valence-electron chi connectivity index (χ1n) is 4.63. The fraction of sp³-hybridized carbons (Fsp3) is 0.889. The Morgan fingerprint density at radius 1 is 1.50 bits per heavy atom. The van der Waals surface area contributed by atoms with Gasteiger partial charge in [0.15, 0.2) is 0 Å². The monoisotopic (exact) mass is 186 g/mol. The lowest BCUT2D eigenvalue weighted by atomic mass is 10.3. The molecule has 12 heavy (non-hydrogen) atoms. The Morgan fingerprint density at radius 3 is 2.83 bits per heavy atom. The summed E-state index contributed by atoms with van der Waals surface area (Å²) in [6.45, 7) is 0.933. The SMILES string of the molecule is CSCCCCN=C(N)C1CC1. The van der Waals surface area contributed by atoms with Gasteiger partial charge in [-0.2, -0.15) is 11.8 Å². The molecule has 0 aromatic rings. The Morgan fingerprint density at radius 2 is 2.25 bits per heavy atom. The van der Waals surface area contributed by atoms with Gasteiger partial charge in [0.05, 0.1) is 5.84 Å². The first-order chi connectivity index (χ1) is 5.84. The van der Waals surface area contributed by atoms with E-state index in [-0.39, 0.29) is 0 Å². The smallest absolute Gasteiger partial charge is 0.0968 e. The highest BCUT2D eigenvalue weighted by molar-refractivity contribution is 7.98. The van der Waals surface area contributed by atoms with Crippen LogP contribution >= 0.6 is 11.8 Å². The molecule has 0 spiro atoms. The molecule has 2 N–H and O–H groups in total. The molecule has 0 aliphatic heterocycles. The molecule has 0 aromatic heterocycles. The molecule has 0 radical (unpaired) electrons. The second-order valence-electron chi connectivity index (χ2n) is 3.28. The molecular formula is C9H18N2S. The molecule has 2 nitrogen and oxygen atoms in total. The van der Waals surface area contributed by atoms with Crippen molar-refractivity contribution < 1.29 is 0 Å². The first-order valence-corrected chi connectivity index (χ1v) is 6.02. The van der Waals surface area contributed by atoms with Crippen LogP contribution in [-0.4, -0.2) is 24.4 Å². The standard InChI is InChI=1S/C9H18N2S/c1-12-7-3-2-6-11-9(10)8-4-5-8/h8H,2-7H2,1H3,(H2,10,11). The van der Waals surface area contributed by atoms with E-state index in [1.807, 2.05) is 11.8 Å². The van der Waals surface area contributed by atoms with E-state index in [9.17, 15) is 0 Å². The van der Waals surface area contributed by atoms with Gasteiger partial charge in [0.25, 0.3) is 0 Å². The number of hydrogen-bond acceptors (Lipinski definition) is 2. The van der Waals surface area contributed by atoms with Gasteiger partial charge in [0.1, 0.15) is 0 Å². The molecule has 0 amide bonds. The summed E-state index contributed by atoms with van der Waals surface area (Å²) >= 11 is 1.90. The van der Waals surface area contributed by atoms with Gasteiger partial charge in [-0.1, -0.05) is 0 Å². The van der Waals surface area contributed by atoms with Crippen molar-refractivity contribution in [2.24, 2.45) is 16.6 Å². The zero-order valence-corrected chi connectivity index (χ0v) is 8.57. The lowest BCUT2D eigenvalue weighted by Gasteiger charge is -1.97. The third-order valence-electron chi connectivity index (χ3n) is 2.05. The van der Waals surface area contributed by atoms with Gasteiger partial charge in [0.2, 0.25) is 0 Å². The van der Waals surface area contributed by atoms with Gasteiger partial charge in [-0.05, 0) is 37.7 Å². The lowest BCUT2D eigenvalue weighted by Crippen LogP contribution is -2.14. The van der Waals surface area contributed by atoms with Crippen LogP contribution in [0, 0.1) is 5.92 Å². The normalized spacial score (nSPS) is 18.2. The fourth-order valence-corrected chi connectivity index (χ4v) is 1.57. The average Bonchev–Trinajstić information content (AvgIpc) is 2.86. The number of unbranched alkanes of at least 4 members (excludes halogenated alkanes) is 1. The summed E-state index contributed by atoms with van der Waals surface area (Å²) < 4.78 is 0. The van der Waals surface area contributed by atoms with Crippen molar-refractivity contribution >= 4 is 17.6 Å². The fourth-order valence-electron chi connectivity index (χ4n) is 1.07. The molecule has 0 heterocycles. The first kappa shape index (κ1) is 9.90. The maximum atomic E-state index is 5.74. The van der Waals surface area contributed by atoms with Crippen molar-refractivity contribution in [3.63, 3.8) is 0 Å². The van der Waals surface area contributed by atoms with E-state index < -0.39 is 0 Å². The molecule has 0 saturated heterocycles. The van der Waals surface area contributed by atoms with Gasteiger partial charge in [0, 0.05) is 12.5 Å². The molecule has 3 heteroatoms. The van der Waals surface area contributed by atoms with Gasteiger partial charge in [-0.3, -0.25) is 4.99 Å². The zero-order valence-electron chi connectivity index (χ0n) is 7.75. The summed E-state index contributed by atoms with van der Waals surface area (Å²) in [6, 6.07) is 0. The van der Waals surface area contributed by atoms with E-state index in [1.165, 1.54) is 31.4 Å². The molecule has 1 aliphatic carbocycles. The van der Waals surface area contributed by atoms with Crippen molar-refractivity contribution in [1.29, 1.82) is 0 Å². The van der Waals surface area contributed by atoms with E-state index in [1.54, 1.807) is 0 Å². The molecule has 1 aliphatic rings. The predicted octanol–water partition coefficient (Wildman–Crippen LogP) is 1.90. The van der Waals surface area contributed by atoms with Crippen LogP contribution in [0.1, 0.15) is 25.7 Å². The summed E-state index contributed by atoms with van der Waals surface area (Å²) in [6.07, 6.45) is 7.12. The van der Waals surface area contributed by atoms with Crippen molar-refractivity contribution in [1.82, 2.24) is 0 Å². The third-order valence-corrected chi connectivity index (χ3v) is 2.74. The van der Waals surface area contributed by atoms with Crippen LogP contribution in [-0.2, 0) is 0 Å². The van der Waals surface area contributed by atoms with E-state index in [0.29, 0.717) is 5.92 Å². The maximum Gasteiger partial charge on any atom is 0.0968 e. The number of rotatable bonds is 6. The Hall–Kier alpha value is -0.180. The topological polar surface area (TPSA) is 38.4 Å². The Labute approximate surface area is 79.0 Å². The van der Waals surface area contributed by atoms with Crippen LogP contribution in [0.3, 0.4) is 0 Å². The van der Waals surface area contributed by atoms with Crippen molar-refractivity contribution in [3.8, 4) is 0 Å².